The molecule has 3 aliphatic rings. The van der Waals surface area contributed by atoms with Gasteiger partial charge in [0.2, 0.25) is 0 Å². The lowest BCUT2D eigenvalue weighted by molar-refractivity contribution is 0.0700. The number of benzene rings is 2. The highest BCUT2D eigenvalue weighted by Crippen LogP contribution is 2.40. The second-order valence-corrected chi connectivity index (χ2v) is 12.5. The van der Waals surface area contributed by atoms with Gasteiger partial charge in [-0.15, -0.1) is 0 Å². The predicted molar refractivity (Wildman–Crippen MR) is 166 cm³/mol. The van der Waals surface area contributed by atoms with E-state index in [9.17, 15) is 4.79 Å². The SMILES string of the molecule is COc1ccc(-c2ccc3cc(-c4nc5cc(C(=O)N6C[C@H]7CC[C@@H]6[C@@H]7N)cc(OC)c5n4C)n(CC4CC4)c3n2)c(F)c1. The number of piperidine rings is 1. The van der Waals surface area contributed by atoms with Crippen molar-refractivity contribution in [2.24, 2.45) is 24.6 Å². The van der Waals surface area contributed by atoms with Crippen LogP contribution in [0.25, 0.3) is 44.8 Å². The van der Waals surface area contributed by atoms with Crippen molar-refractivity contribution in [3.8, 4) is 34.3 Å². The highest BCUT2D eigenvalue weighted by atomic mass is 19.1. The van der Waals surface area contributed by atoms with E-state index in [0.717, 1.165) is 60.3 Å². The van der Waals surface area contributed by atoms with E-state index in [1.54, 1.807) is 19.2 Å². The van der Waals surface area contributed by atoms with Gasteiger partial charge in [-0.3, -0.25) is 4.79 Å². The average molecular weight is 595 g/mol. The van der Waals surface area contributed by atoms with Crippen LogP contribution in [-0.2, 0) is 13.6 Å². The zero-order valence-corrected chi connectivity index (χ0v) is 25.1. The molecule has 1 saturated heterocycles. The summed E-state index contributed by atoms with van der Waals surface area (Å²) >= 11 is 0. The number of rotatable bonds is 7. The van der Waals surface area contributed by atoms with Crippen molar-refractivity contribution < 1.29 is 18.7 Å². The molecule has 2 aliphatic carbocycles. The van der Waals surface area contributed by atoms with Crippen LogP contribution in [0.2, 0.25) is 0 Å². The molecule has 2 aromatic carbocycles. The number of carbonyl (C=O) groups excluding carboxylic acids is 1. The third kappa shape index (κ3) is 4.18. The van der Waals surface area contributed by atoms with E-state index in [-0.39, 0.29) is 23.8 Å². The Morgan fingerprint density at radius 2 is 1.86 bits per heavy atom. The summed E-state index contributed by atoms with van der Waals surface area (Å²) in [5.41, 5.74) is 11.2. The summed E-state index contributed by atoms with van der Waals surface area (Å²) in [6.07, 6.45) is 4.37. The topological polar surface area (TPSA) is 100 Å². The van der Waals surface area contributed by atoms with Crippen molar-refractivity contribution in [1.82, 2.24) is 24.0 Å². The Kier molecular flexibility index (Phi) is 6.20. The summed E-state index contributed by atoms with van der Waals surface area (Å²) in [5.74, 6) is 2.34. The monoisotopic (exact) mass is 594 g/mol. The molecule has 0 unspecified atom stereocenters. The number of fused-ring (bicyclic) bond motifs is 4. The third-order valence-corrected chi connectivity index (χ3v) is 9.88. The van der Waals surface area contributed by atoms with Gasteiger partial charge in [0, 0.05) is 54.8 Å². The molecule has 4 heterocycles. The predicted octanol–water partition coefficient (Wildman–Crippen LogP) is 5.39. The molecule has 3 atom stereocenters. The van der Waals surface area contributed by atoms with E-state index < -0.39 is 0 Å². The maximum absolute atomic E-state index is 15.0. The van der Waals surface area contributed by atoms with Gasteiger partial charge in [0.1, 0.15) is 28.5 Å². The largest absolute Gasteiger partial charge is 0.497 e. The number of carbonyl (C=O) groups is 1. The fourth-order valence-electron chi connectivity index (χ4n) is 7.30. The number of aromatic nitrogens is 4. The Labute approximate surface area is 254 Å². The zero-order chi connectivity index (χ0) is 30.3. The van der Waals surface area contributed by atoms with E-state index in [0.29, 0.717) is 52.2 Å². The maximum Gasteiger partial charge on any atom is 0.254 e. The molecule has 5 aromatic rings. The van der Waals surface area contributed by atoms with Gasteiger partial charge in [-0.2, -0.15) is 0 Å². The third-order valence-electron chi connectivity index (χ3n) is 9.88. The fourth-order valence-corrected chi connectivity index (χ4v) is 7.30. The highest BCUT2D eigenvalue weighted by Gasteiger charge is 2.47. The molecule has 1 amide bonds. The Morgan fingerprint density at radius 3 is 2.55 bits per heavy atom. The second kappa shape index (κ2) is 10.1. The summed E-state index contributed by atoms with van der Waals surface area (Å²) < 4.78 is 30.3. The van der Waals surface area contributed by atoms with Gasteiger partial charge in [0.25, 0.3) is 5.91 Å². The van der Waals surface area contributed by atoms with Crippen LogP contribution in [0, 0.1) is 17.7 Å². The molecular formula is C34H35FN6O3. The molecule has 0 radical (unpaired) electrons. The Morgan fingerprint density at radius 1 is 1.02 bits per heavy atom. The Bertz CT molecular complexity index is 1960. The number of ether oxygens (including phenoxy) is 2. The summed E-state index contributed by atoms with van der Waals surface area (Å²) in [6, 6.07) is 14.6. The molecule has 2 N–H and O–H groups in total. The van der Waals surface area contributed by atoms with Crippen LogP contribution in [0.1, 0.15) is 36.0 Å². The van der Waals surface area contributed by atoms with Crippen molar-refractivity contribution in [1.29, 1.82) is 0 Å². The van der Waals surface area contributed by atoms with E-state index in [2.05, 4.69) is 10.6 Å². The second-order valence-electron chi connectivity index (χ2n) is 12.5. The number of imidazole rings is 1. The molecule has 2 saturated carbocycles. The molecule has 2 bridgehead atoms. The number of hydrogen-bond donors (Lipinski definition) is 1. The summed E-state index contributed by atoms with van der Waals surface area (Å²) in [4.78, 5) is 25.7. The van der Waals surface area contributed by atoms with Crippen molar-refractivity contribution in [2.45, 2.75) is 44.3 Å². The van der Waals surface area contributed by atoms with Gasteiger partial charge < -0.3 is 29.2 Å². The molecule has 1 aliphatic heterocycles. The van der Waals surface area contributed by atoms with Crippen molar-refractivity contribution in [3.05, 3.63) is 59.9 Å². The van der Waals surface area contributed by atoms with Crippen molar-refractivity contribution in [3.63, 3.8) is 0 Å². The fraction of sp³-hybridized carbons (Fsp3) is 0.382. The van der Waals surface area contributed by atoms with Crippen LogP contribution in [0.4, 0.5) is 4.39 Å². The van der Waals surface area contributed by atoms with E-state index in [1.165, 1.54) is 13.2 Å². The van der Waals surface area contributed by atoms with E-state index >= 15 is 4.39 Å². The summed E-state index contributed by atoms with van der Waals surface area (Å²) in [7, 11) is 5.11. The van der Waals surface area contributed by atoms with Gasteiger partial charge in [-0.25, -0.2) is 14.4 Å². The van der Waals surface area contributed by atoms with Gasteiger partial charge in [0.15, 0.2) is 5.82 Å². The zero-order valence-electron chi connectivity index (χ0n) is 25.1. The molecule has 10 heteroatoms. The first kappa shape index (κ1) is 27.1. The first-order valence-electron chi connectivity index (χ1n) is 15.3. The molecule has 9 nitrogen and oxygen atoms in total. The molecule has 0 spiro atoms. The van der Waals surface area contributed by atoms with Gasteiger partial charge >= 0.3 is 0 Å². The van der Waals surface area contributed by atoms with Crippen LogP contribution < -0.4 is 15.2 Å². The number of likely N-dealkylation sites (tertiary alicyclic amines) is 1. The number of amides is 1. The van der Waals surface area contributed by atoms with Gasteiger partial charge in [-0.05, 0) is 80.0 Å². The van der Waals surface area contributed by atoms with Gasteiger partial charge in [-0.1, -0.05) is 0 Å². The number of pyridine rings is 1. The summed E-state index contributed by atoms with van der Waals surface area (Å²) in [6.45, 7) is 1.50. The van der Waals surface area contributed by atoms with E-state index in [4.69, 9.17) is 25.2 Å². The number of nitrogens with two attached hydrogens (primary N) is 1. The molecule has 8 rings (SSSR count). The first-order valence-corrected chi connectivity index (χ1v) is 15.3. The van der Waals surface area contributed by atoms with Gasteiger partial charge in [0.05, 0.1) is 31.1 Å². The number of methoxy groups -OCH3 is 2. The normalized spacial score (nSPS) is 21.1. The minimum Gasteiger partial charge on any atom is -0.497 e. The number of aryl methyl sites for hydroxylation is 1. The van der Waals surface area contributed by atoms with Crippen LogP contribution in [0.5, 0.6) is 11.5 Å². The van der Waals surface area contributed by atoms with Crippen LogP contribution in [-0.4, -0.2) is 62.8 Å². The van der Waals surface area contributed by atoms with Crippen LogP contribution in [0.3, 0.4) is 0 Å². The number of hydrogen-bond acceptors (Lipinski definition) is 6. The molecule has 226 valence electrons. The lowest BCUT2D eigenvalue weighted by Gasteiger charge is -2.27. The van der Waals surface area contributed by atoms with E-state index in [1.807, 2.05) is 40.8 Å². The van der Waals surface area contributed by atoms with Crippen LogP contribution in [0.15, 0.2) is 48.5 Å². The first-order chi connectivity index (χ1) is 21.3. The molecule has 3 aromatic heterocycles. The molecule has 44 heavy (non-hydrogen) atoms. The Hall–Kier alpha value is -4.44. The smallest absolute Gasteiger partial charge is 0.254 e. The minimum atomic E-state index is -0.381. The average Bonchev–Trinajstić information content (AvgIpc) is 3.44. The standard InChI is InChI=1S/C34H35FN6O3/c1-39-31-26(12-21(14-29(31)44-3)34(42)41-17-20-7-11-27(41)30(20)36)38-33(39)28-13-19-6-10-25(23-9-8-22(43-2)15-24(23)35)37-32(19)40(28)16-18-4-5-18/h6,8-10,12-15,18,20,27,30H,4-5,7,11,16-17,36H2,1-3H3/t20-,27-,30-/m1/s1. The van der Waals surface area contributed by atoms with Crippen LogP contribution >= 0.6 is 0 Å². The number of halogens is 1. The maximum atomic E-state index is 15.0. The highest BCUT2D eigenvalue weighted by molar-refractivity contribution is 6.00. The molecule has 3 fully saturated rings. The summed E-state index contributed by atoms with van der Waals surface area (Å²) in [5, 5.41) is 0.952. The molecular weight excluding hydrogens is 559 g/mol. The lowest BCUT2D eigenvalue weighted by atomic mass is 10.1. The van der Waals surface area contributed by atoms with Crippen molar-refractivity contribution >= 4 is 28.0 Å². The quantitative estimate of drug-likeness (QED) is 0.272. The Balaban J connectivity index is 1.24. The lowest BCUT2D eigenvalue weighted by Crippen LogP contribution is -2.41. The number of nitrogens with zero attached hydrogens (tertiary/aromatic N) is 5. The van der Waals surface area contributed by atoms with Crippen molar-refractivity contribution in [2.75, 3.05) is 20.8 Å². The minimum absolute atomic E-state index is 0.0228.